The lowest BCUT2D eigenvalue weighted by molar-refractivity contribution is 0.299. The van der Waals surface area contributed by atoms with Crippen LogP contribution in [0.4, 0.5) is 0 Å². The molecule has 3 rings (SSSR count). The zero-order valence-electron chi connectivity index (χ0n) is 13.1. The summed E-state index contributed by atoms with van der Waals surface area (Å²) in [5.41, 5.74) is 3.33. The second-order valence-corrected chi connectivity index (χ2v) is 6.88. The first kappa shape index (κ1) is 14.7. The average Bonchev–Trinajstić information content (AvgIpc) is 2.83. The van der Waals surface area contributed by atoms with Crippen LogP contribution in [0.5, 0.6) is 0 Å². The van der Waals surface area contributed by atoms with Crippen molar-refractivity contribution in [2.45, 2.75) is 45.4 Å². The Balaban J connectivity index is 1.54. The van der Waals surface area contributed by atoms with E-state index in [-0.39, 0.29) is 0 Å². The van der Waals surface area contributed by atoms with Gasteiger partial charge in [-0.15, -0.1) is 4.91 Å². The van der Waals surface area contributed by atoms with Gasteiger partial charge in [-0.3, -0.25) is 0 Å². The number of hydrogen-bond acceptors (Lipinski definition) is 3. The smallest absolute Gasteiger partial charge is 0.104 e. The van der Waals surface area contributed by atoms with Crippen LogP contribution in [0.1, 0.15) is 45.4 Å². The fraction of sp³-hybridized carbons (Fsp3) is 0.667. The first-order valence-electron chi connectivity index (χ1n) is 8.39. The molecule has 0 bridgehead atoms. The Hall–Kier alpha value is -1.22. The molecule has 0 aromatic heterocycles. The van der Waals surface area contributed by atoms with Gasteiger partial charge in [0, 0.05) is 19.6 Å². The van der Waals surface area contributed by atoms with Crippen LogP contribution in [0.2, 0.25) is 0 Å². The summed E-state index contributed by atoms with van der Waals surface area (Å²) in [5, 5.41) is 3.05. The molecule has 1 saturated carbocycles. The van der Waals surface area contributed by atoms with E-state index in [0.717, 1.165) is 31.2 Å². The van der Waals surface area contributed by atoms with Crippen LogP contribution in [0.15, 0.2) is 40.2 Å². The number of likely N-dealkylation sites (tertiary alicyclic amines) is 1. The fourth-order valence-electron chi connectivity index (χ4n) is 4.11. The molecule has 21 heavy (non-hydrogen) atoms. The van der Waals surface area contributed by atoms with Crippen molar-refractivity contribution < 1.29 is 0 Å². The maximum absolute atomic E-state index is 10.6. The third-order valence-electron chi connectivity index (χ3n) is 5.48. The highest BCUT2D eigenvalue weighted by atomic mass is 16.3. The lowest BCUT2D eigenvalue weighted by Gasteiger charge is -2.23. The van der Waals surface area contributed by atoms with Gasteiger partial charge >= 0.3 is 0 Å². The van der Waals surface area contributed by atoms with E-state index in [1.165, 1.54) is 49.9 Å². The van der Waals surface area contributed by atoms with Gasteiger partial charge in [0.05, 0.1) is 0 Å². The summed E-state index contributed by atoms with van der Waals surface area (Å²) in [6.07, 6.45) is 13.6. The Morgan fingerprint density at radius 2 is 1.90 bits per heavy atom. The Labute approximate surface area is 127 Å². The van der Waals surface area contributed by atoms with Gasteiger partial charge in [0.2, 0.25) is 0 Å². The molecule has 114 valence electrons. The van der Waals surface area contributed by atoms with E-state index in [1.54, 1.807) is 0 Å². The zero-order chi connectivity index (χ0) is 14.7. The topological polar surface area (TPSA) is 32.7 Å². The Morgan fingerprint density at radius 3 is 2.57 bits per heavy atom. The summed E-state index contributed by atoms with van der Waals surface area (Å²) in [6.45, 7) is 5.95. The Bertz CT molecular complexity index is 475. The molecule has 3 nitrogen and oxygen atoms in total. The van der Waals surface area contributed by atoms with Crippen molar-refractivity contribution in [3.8, 4) is 0 Å². The lowest BCUT2D eigenvalue weighted by atomic mass is 9.82. The van der Waals surface area contributed by atoms with E-state index in [9.17, 15) is 4.91 Å². The average molecular weight is 286 g/mol. The van der Waals surface area contributed by atoms with Gasteiger partial charge in [0.25, 0.3) is 0 Å². The minimum Gasteiger partial charge on any atom is -0.302 e. The minimum absolute atomic E-state index is 0.566. The van der Waals surface area contributed by atoms with E-state index in [1.807, 2.05) is 12.2 Å². The summed E-state index contributed by atoms with van der Waals surface area (Å²) >= 11 is 0. The molecule has 0 spiro atoms. The monoisotopic (exact) mass is 286 g/mol. The van der Waals surface area contributed by atoms with E-state index in [2.05, 4.69) is 23.1 Å². The Morgan fingerprint density at radius 1 is 1.19 bits per heavy atom. The van der Waals surface area contributed by atoms with E-state index < -0.39 is 0 Å². The molecule has 0 radical (unpaired) electrons. The SMILES string of the molecule is CC1=C(CCN2CC3CCCCC3C2)C=CC(N=O)=CC1. The van der Waals surface area contributed by atoms with Gasteiger partial charge < -0.3 is 4.90 Å². The number of nitroso groups, excluding NO2 is 1. The molecule has 2 aliphatic carbocycles. The van der Waals surface area contributed by atoms with E-state index in [4.69, 9.17) is 0 Å². The first-order chi connectivity index (χ1) is 10.3. The number of fused-ring (bicyclic) bond motifs is 1. The van der Waals surface area contributed by atoms with E-state index in [0.29, 0.717) is 5.70 Å². The molecular formula is C18H26N2O. The number of allylic oxidation sites excluding steroid dienone is 4. The highest BCUT2D eigenvalue weighted by Gasteiger charge is 2.33. The van der Waals surface area contributed by atoms with Crippen LogP contribution in [0.3, 0.4) is 0 Å². The van der Waals surface area contributed by atoms with Gasteiger partial charge in [-0.2, -0.15) is 0 Å². The van der Waals surface area contributed by atoms with Crippen LogP contribution in [0.25, 0.3) is 0 Å². The highest BCUT2D eigenvalue weighted by Crippen LogP contribution is 2.36. The predicted octanol–water partition coefficient (Wildman–Crippen LogP) is 4.43. The van der Waals surface area contributed by atoms with E-state index >= 15 is 0 Å². The normalized spacial score (nSPS) is 30.0. The summed E-state index contributed by atoms with van der Waals surface area (Å²) in [7, 11) is 0. The molecule has 2 unspecified atom stereocenters. The van der Waals surface area contributed by atoms with Crippen molar-refractivity contribution in [1.29, 1.82) is 0 Å². The molecule has 2 fully saturated rings. The number of rotatable bonds is 4. The zero-order valence-corrected chi connectivity index (χ0v) is 13.1. The first-order valence-corrected chi connectivity index (χ1v) is 8.39. The molecule has 3 aliphatic rings. The third-order valence-corrected chi connectivity index (χ3v) is 5.48. The summed E-state index contributed by atoms with van der Waals surface area (Å²) in [6, 6.07) is 0. The van der Waals surface area contributed by atoms with Crippen LogP contribution in [-0.4, -0.2) is 24.5 Å². The quantitative estimate of drug-likeness (QED) is 0.716. The van der Waals surface area contributed by atoms with Gasteiger partial charge in [-0.05, 0) is 61.3 Å². The maximum atomic E-state index is 10.6. The third kappa shape index (κ3) is 3.52. The second kappa shape index (κ2) is 6.69. The largest absolute Gasteiger partial charge is 0.302 e. The standard InChI is InChI=1S/C18H26N2O/c1-14-6-8-18(19-21)9-7-15(14)10-11-20-12-16-4-2-3-5-17(16)13-20/h7-9,16-17H,2-6,10-13H2,1H3. The van der Waals surface area contributed by atoms with Gasteiger partial charge in [0.15, 0.2) is 0 Å². The molecule has 1 heterocycles. The minimum atomic E-state index is 0.566. The Kier molecular flexibility index (Phi) is 4.69. The molecule has 1 saturated heterocycles. The lowest BCUT2D eigenvalue weighted by Crippen LogP contribution is -2.22. The summed E-state index contributed by atoms with van der Waals surface area (Å²) in [4.78, 5) is 13.3. The molecule has 3 heteroatoms. The molecule has 0 aromatic carbocycles. The highest BCUT2D eigenvalue weighted by molar-refractivity contribution is 5.35. The van der Waals surface area contributed by atoms with Crippen LogP contribution in [0, 0.1) is 16.7 Å². The van der Waals surface area contributed by atoms with Gasteiger partial charge in [-0.25, -0.2) is 0 Å². The van der Waals surface area contributed by atoms with Crippen LogP contribution < -0.4 is 0 Å². The van der Waals surface area contributed by atoms with Crippen molar-refractivity contribution in [2.75, 3.05) is 19.6 Å². The van der Waals surface area contributed by atoms with Crippen molar-refractivity contribution in [3.05, 3.63) is 40.0 Å². The van der Waals surface area contributed by atoms with Gasteiger partial charge in [0.1, 0.15) is 5.70 Å². The van der Waals surface area contributed by atoms with Crippen LogP contribution >= 0.6 is 0 Å². The molecule has 1 aliphatic heterocycles. The summed E-state index contributed by atoms with van der Waals surface area (Å²) < 4.78 is 0. The molecule has 2 atom stereocenters. The van der Waals surface area contributed by atoms with Crippen molar-refractivity contribution in [3.63, 3.8) is 0 Å². The fourth-order valence-corrected chi connectivity index (χ4v) is 4.11. The summed E-state index contributed by atoms with van der Waals surface area (Å²) in [5.74, 6) is 1.93. The molecule has 0 amide bonds. The molecule has 0 N–H and O–H groups in total. The molecule has 0 aromatic rings. The van der Waals surface area contributed by atoms with Crippen molar-refractivity contribution in [2.24, 2.45) is 17.0 Å². The second-order valence-electron chi connectivity index (χ2n) is 6.88. The predicted molar refractivity (Wildman–Crippen MR) is 86.8 cm³/mol. The molecular weight excluding hydrogens is 260 g/mol. The number of nitrogens with zero attached hydrogens (tertiary/aromatic N) is 2. The van der Waals surface area contributed by atoms with Crippen LogP contribution in [-0.2, 0) is 0 Å². The van der Waals surface area contributed by atoms with Crippen molar-refractivity contribution >= 4 is 0 Å². The maximum Gasteiger partial charge on any atom is 0.104 e. The van der Waals surface area contributed by atoms with Gasteiger partial charge in [-0.1, -0.05) is 30.6 Å². The number of hydrogen-bond donors (Lipinski definition) is 0. The van der Waals surface area contributed by atoms with Crippen molar-refractivity contribution in [1.82, 2.24) is 4.90 Å².